The van der Waals surface area contributed by atoms with E-state index in [9.17, 15) is 25.0 Å². The second-order valence-corrected chi connectivity index (χ2v) is 6.80. The number of ether oxygens (including phenoxy) is 1. The Morgan fingerprint density at radius 3 is 2.29 bits per heavy atom. The van der Waals surface area contributed by atoms with E-state index in [1.165, 1.54) is 6.07 Å². The standard InChI is InChI=1S/C21H11ClN2O7/c22-13-7-5-12(6-8-13)20-21(19(25)15-3-1-2-4-17(15)30-20)31-18-10-9-14(23(26)27)11-16(18)24(28)29/h1-11H. The summed E-state index contributed by atoms with van der Waals surface area (Å²) in [5.74, 6) is -0.598. The molecule has 1 heterocycles. The van der Waals surface area contributed by atoms with Gasteiger partial charge in [-0.05, 0) is 42.5 Å². The van der Waals surface area contributed by atoms with E-state index in [4.69, 9.17) is 20.8 Å². The van der Waals surface area contributed by atoms with Gasteiger partial charge in [0.15, 0.2) is 5.76 Å². The molecule has 154 valence electrons. The molecule has 0 amide bonds. The highest BCUT2D eigenvalue weighted by molar-refractivity contribution is 6.30. The molecule has 31 heavy (non-hydrogen) atoms. The second-order valence-electron chi connectivity index (χ2n) is 6.36. The zero-order chi connectivity index (χ0) is 22.1. The van der Waals surface area contributed by atoms with Crippen LogP contribution in [-0.2, 0) is 0 Å². The van der Waals surface area contributed by atoms with Crippen molar-refractivity contribution in [1.82, 2.24) is 0 Å². The van der Waals surface area contributed by atoms with Gasteiger partial charge in [-0.15, -0.1) is 0 Å². The highest BCUT2D eigenvalue weighted by atomic mass is 35.5. The summed E-state index contributed by atoms with van der Waals surface area (Å²) in [6.07, 6.45) is 0. The number of hydrogen-bond acceptors (Lipinski definition) is 7. The fourth-order valence-electron chi connectivity index (χ4n) is 2.97. The number of para-hydroxylation sites is 1. The molecule has 0 spiro atoms. The summed E-state index contributed by atoms with van der Waals surface area (Å²) in [7, 11) is 0. The average Bonchev–Trinajstić information content (AvgIpc) is 2.76. The number of rotatable bonds is 5. The Balaban J connectivity index is 1.95. The van der Waals surface area contributed by atoms with E-state index in [0.717, 1.165) is 18.2 Å². The van der Waals surface area contributed by atoms with Crippen molar-refractivity contribution < 1.29 is 19.0 Å². The van der Waals surface area contributed by atoms with Crippen LogP contribution in [0.15, 0.2) is 75.9 Å². The Kier molecular flexibility index (Phi) is 5.10. The molecule has 0 atom stereocenters. The molecule has 4 rings (SSSR count). The summed E-state index contributed by atoms with van der Waals surface area (Å²) in [5, 5.41) is 23.1. The largest absolute Gasteiger partial charge is 0.452 e. The molecule has 0 aliphatic carbocycles. The molecule has 1 aromatic heterocycles. The molecule has 0 aliphatic rings. The number of non-ortho nitro benzene ring substituents is 1. The maximum absolute atomic E-state index is 13.2. The van der Waals surface area contributed by atoms with Gasteiger partial charge in [0.05, 0.1) is 21.3 Å². The first-order valence-corrected chi connectivity index (χ1v) is 9.15. The lowest BCUT2D eigenvalue weighted by atomic mass is 10.1. The summed E-state index contributed by atoms with van der Waals surface area (Å²) >= 11 is 5.94. The Hall–Kier alpha value is -4.24. The van der Waals surface area contributed by atoms with Gasteiger partial charge in [0.1, 0.15) is 5.58 Å². The molecular weight excluding hydrogens is 428 g/mol. The molecule has 4 aromatic rings. The van der Waals surface area contributed by atoms with E-state index < -0.39 is 26.7 Å². The monoisotopic (exact) mass is 438 g/mol. The molecule has 10 heteroatoms. The molecule has 0 radical (unpaired) electrons. The molecule has 0 N–H and O–H groups in total. The minimum Gasteiger partial charge on any atom is -0.452 e. The number of benzene rings is 3. The van der Waals surface area contributed by atoms with E-state index in [-0.39, 0.29) is 22.6 Å². The van der Waals surface area contributed by atoms with Crippen LogP contribution in [-0.4, -0.2) is 9.85 Å². The van der Waals surface area contributed by atoms with Gasteiger partial charge in [-0.2, -0.15) is 0 Å². The van der Waals surface area contributed by atoms with E-state index in [1.54, 1.807) is 42.5 Å². The number of halogens is 1. The third kappa shape index (κ3) is 3.81. The lowest BCUT2D eigenvalue weighted by molar-refractivity contribution is -0.394. The van der Waals surface area contributed by atoms with Gasteiger partial charge in [0.2, 0.25) is 16.9 Å². The van der Waals surface area contributed by atoms with Crippen LogP contribution in [0.2, 0.25) is 5.02 Å². The average molecular weight is 439 g/mol. The molecule has 9 nitrogen and oxygen atoms in total. The minimum atomic E-state index is -0.826. The SMILES string of the molecule is O=c1c(Oc2ccc([N+](=O)[O-])cc2[N+](=O)[O-])c(-c2ccc(Cl)cc2)oc2ccccc12. The van der Waals surface area contributed by atoms with Gasteiger partial charge in [-0.3, -0.25) is 25.0 Å². The van der Waals surface area contributed by atoms with Crippen molar-refractivity contribution in [2.45, 2.75) is 0 Å². The van der Waals surface area contributed by atoms with Gasteiger partial charge in [-0.1, -0.05) is 23.7 Å². The Morgan fingerprint density at radius 1 is 0.903 bits per heavy atom. The summed E-state index contributed by atoms with van der Waals surface area (Å²) in [4.78, 5) is 34.0. The summed E-state index contributed by atoms with van der Waals surface area (Å²) in [5.41, 5.74) is -0.958. The van der Waals surface area contributed by atoms with Crippen molar-refractivity contribution in [2.24, 2.45) is 0 Å². The van der Waals surface area contributed by atoms with Crippen molar-refractivity contribution in [3.8, 4) is 22.8 Å². The zero-order valence-corrected chi connectivity index (χ0v) is 16.2. The Bertz CT molecular complexity index is 1400. The van der Waals surface area contributed by atoms with Crippen LogP contribution in [0.3, 0.4) is 0 Å². The number of nitro groups is 2. The Morgan fingerprint density at radius 2 is 1.61 bits per heavy atom. The molecule has 0 saturated carbocycles. The quantitative estimate of drug-likeness (QED) is 0.288. The normalized spacial score (nSPS) is 10.7. The number of fused-ring (bicyclic) bond motifs is 1. The van der Waals surface area contributed by atoms with Gasteiger partial charge in [0.25, 0.3) is 5.69 Å². The fourth-order valence-corrected chi connectivity index (χ4v) is 3.09. The smallest absolute Gasteiger partial charge is 0.318 e. The first kappa shape index (κ1) is 20.0. The predicted octanol–water partition coefficient (Wildman–Crippen LogP) is 5.72. The molecule has 3 aromatic carbocycles. The third-order valence-electron chi connectivity index (χ3n) is 4.42. The maximum Gasteiger partial charge on any atom is 0.318 e. The van der Waals surface area contributed by atoms with Crippen LogP contribution in [0, 0.1) is 20.2 Å². The fraction of sp³-hybridized carbons (Fsp3) is 0. The van der Waals surface area contributed by atoms with Crippen molar-refractivity contribution in [3.05, 3.63) is 102 Å². The van der Waals surface area contributed by atoms with E-state index >= 15 is 0 Å². The number of nitro benzene ring substituents is 2. The molecule has 0 fully saturated rings. The highest BCUT2D eigenvalue weighted by Crippen LogP contribution is 2.38. The van der Waals surface area contributed by atoms with E-state index in [0.29, 0.717) is 16.2 Å². The van der Waals surface area contributed by atoms with E-state index in [2.05, 4.69) is 0 Å². The zero-order valence-electron chi connectivity index (χ0n) is 15.5. The predicted molar refractivity (Wildman–Crippen MR) is 113 cm³/mol. The van der Waals surface area contributed by atoms with Crippen LogP contribution in [0.1, 0.15) is 0 Å². The van der Waals surface area contributed by atoms with Crippen molar-refractivity contribution in [2.75, 3.05) is 0 Å². The van der Waals surface area contributed by atoms with E-state index in [1.807, 2.05) is 0 Å². The topological polar surface area (TPSA) is 126 Å². The van der Waals surface area contributed by atoms with Gasteiger partial charge >= 0.3 is 5.69 Å². The van der Waals surface area contributed by atoms with Crippen LogP contribution in [0.5, 0.6) is 11.5 Å². The molecule has 0 bridgehead atoms. The molecular formula is C21H11ClN2O7. The second kappa shape index (κ2) is 7.88. The third-order valence-corrected chi connectivity index (χ3v) is 4.68. The van der Waals surface area contributed by atoms with Crippen LogP contribution in [0.4, 0.5) is 11.4 Å². The summed E-state index contributed by atoms with van der Waals surface area (Å²) in [6, 6.07) is 15.7. The Labute approximate surface area is 178 Å². The molecule has 0 aliphatic heterocycles. The molecule has 0 unspecified atom stereocenters. The van der Waals surface area contributed by atoms with Gasteiger partial charge < -0.3 is 9.15 Å². The van der Waals surface area contributed by atoms with Crippen LogP contribution < -0.4 is 10.2 Å². The first-order valence-electron chi connectivity index (χ1n) is 8.77. The van der Waals surface area contributed by atoms with Crippen LogP contribution >= 0.6 is 11.6 Å². The van der Waals surface area contributed by atoms with Crippen molar-refractivity contribution >= 4 is 33.9 Å². The highest BCUT2D eigenvalue weighted by Gasteiger charge is 2.25. The number of hydrogen-bond donors (Lipinski definition) is 0. The molecule has 0 saturated heterocycles. The summed E-state index contributed by atoms with van der Waals surface area (Å²) < 4.78 is 11.5. The summed E-state index contributed by atoms with van der Waals surface area (Å²) in [6.45, 7) is 0. The van der Waals surface area contributed by atoms with Crippen LogP contribution in [0.25, 0.3) is 22.3 Å². The lowest BCUT2D eigenvalue weighted by Crippen LogP contribution is -2.08. The van der Waals surface area contributed by atoms with Crippen molar-refractivity contribution in [1.29, 1.82) is 0 Å². The van der Waals surface area contributed by atoms with Gasteiger partial charge in [-0.25, -0.2) is 0 Å². The minimum absolute atomic E-state index is 0.0352. The first-order chi connectivity index (χ1) is 14.8. The number of nitrogens with zero attached hydrogens (tertiary/aromatic N) is 2. The van der Waals surface area contributed by atoms with Gasteiger partial charge in [0, 0.05) is 16.7 Å². The maximum atomic E-state index is 13.2. The van der Waals surface area contributed by atoms with Crippen molar-refractivity contribution in [3.63, 3.8) is 0 Å². The lowest BCUT2D eigenvalue weighted by Gasteiger charge is -2.11.